The van der Waals surface area contributed by atoms with Gasteiger partial charge in [-0.05, 0) is 30.0 Å². The lowest BCUT2D eigenvalue weighted by molar-refractivity contribution is -0.143. The number of aryl methyl sites for hydroxylation is 1. The van der Waals surface area contributed by atoms with Gasteiger partial charge in [0.15, 0.2) is 5.69 Å². The number of alkyl halides is 3. The van der Waals surface area contributed by atoms with Gasteiger partial charge in [-0.1, -0.05) is 30.3 Å². The van der Waals surface area contributed by atoms with Crippen molar-refractivity contribution < 1.29 is 21.6 Å². The molecule has 10 heteroatoms. The Hall–Kier alpha value is -2.30. The SMILES string of the molecule is CSc1ccc(-c2c(-c3ccccc3S(N)(=O)=O)nn(C)c2C(F)(F)F)cc1. The van der Waals surface area contributed by atoms with Crippen molar-refractivity contribution >= 4 is 21.8 Å². The molecular weight excluding hydrogens is 411 g/mol. The second kappa shape index (κ2) is 7.26. The van der Waals surface area contributed by atoms with Crippen LogP contribution in [-0.4, -0.2) is 24.5 Å². The van der Waals surface area contributed by atoms with Crippen molar-refractivity contribution in [3.05, 3.63) is 54.2 Å². The standard InChI is InChI=1S/C18H16F3N3O2S2/c1-24-17(18(19,20)21)15(11-7-9-12(27-2)10-8-11)16(23-24)13-5-3-4-6-14(13)28(22,25)26/h3-10H,1-2H3,(H2,22,25,26). The summed E-state index contributed by atoms with van der Waals surface area (Å²) in [5, 5.41) is 9.28. The van der Waals surface area contributed by atoms with Crippen LogP contribution in [0.15, 0.2) is 58.3 Å². The van der Waals surface area contributed by atoms with Gasteiger partial charge in [-0.3, -0.25) is 4.68 Å². The average Bonchev–Trinajstić information content (AvgIpc) is 2.98. The number of hydrogen-bond donors (Lipinski definition) is 1. The number of benzene rings is 2. The van der Waals surface area contributed by atoms with E-state index >= 15 is 0 Å². The van der Waals surface area contributed by atoms with E-state index in [0.29, 0.717) is 4.68 Å². The van der Waals surface area contributed by atoms with E-state index in [-0.39, 0.29) is 27.3 Å². The van der Waals surface area contributed by atoms with Crippen LogP contribution >= 0.6 is 11.8 Å². The number of sulfonamides is 1. The molecule has 0 saturated carbocycles. The molecule has 0 amide bonds. The minimum atomic E-state index is -4.69. The van der Waals surface area contributed by atoms with Gasteiger partial charge >= 0.3 is 6.18 Å². The van der Waals surface area contributed by atoms with E-state index < -0.39 is 21.9 Å². The lowest BCUT2D eigenvalue weighted by Crippen LogP contribution is -2.13. The highest BCUT2D eigenvalue weighted by Gasteiger charge is 2.40. The molecule has 0 atom stereocenters. The molecule has 28 heavy (non-hydrogen) atoms. The van der Waals surface area contributed by atoms with Crippen molar-refractivity contribution in [2.24, 2.45) is 12.2 Å². The van der Waals surface area contributed by atoms with Crippen molar-refractivity contribution in [1.29, 1.82) is 0 Å². The summed E-state index contributed by atoms with van der Waals surface area (Å²) in [6, 6.07) is 12.1. The maximum Gasteiger partial charge on any atom is 0.433 e. The monoisotopic (exact) mass is 427 g/mol. The van der Waals surface area contributed by atoms with Crippen LogP contribution in [0.3, 0.4) is 0 Å². The number of nitrogens with two attached hydrogens (primary N) is 1. The van der Waals surface area contributed by atoms with Gasteiger partial charge in [0, 0.05) is 23.1 Å². The Morgan fingerprint density at radius 2 is 1.68 bits per heavy atom. The van der Waals surface area contributed by atoms with Crippen LogP contribution in [0, 0.1) is 0 Å². The number of hydrogen-bond acceptors (Lipinski definition) is 4. The van der Waals surface area contributed by atoms with Gasteiger partial charge in [-0.2, -0.15) is 18.3 Å². The minimum Gasteiger partial charge on any atom is -0.262 e. The van der Waals surface area contributed by atoms with Crippen LogP contribution in [0.2, 0.25) is 0 Å². The van der Waals surface area contributed by atoms with Crippen molar-refractivity contribution in [3.8, 4) is 22.4 Å². The van der Waals surface area contributed by atoms with Gasteiger partial charge in [0.1, 0.15) is 5.69 Å². The number of thioether (sulfide) groups is 1. The molecule has 0 radical (unpaired) electrons. The summed E-state index contributed by atoms with van der Waals surface area (Å²) in [4.78, 5) is 0.594. The number of halogens is 3. The molecule has 3 rings (SSSR count). The van der Waals surface area contributed by atoms with Crippen LogP contribution in [0.4, 0.5) is 13.2 Å². The van der Waals surface area contributed by atoms with Crippen LogP contribution in [-0.2, 0) is 23.2 Å². The molecule has 1 heterocycles. The summed E-state index contributed by atoms with van der Waals surface area (Å²) in [6.07, 6.45) is -2.84. The lowest BCUT2D eigenvalue weighted by Gasteiger charge is -2.12. The maximum atomic E-state index is 13.8. The highest BCUT2D eigenvalue weighted by Crippen LogP contribution is 2.43. The quantitative estimate of drug-likeness (QED) is 0.635. The van der Waals surface area contributed by atoms with E-state index in [1.807, 2.05) is 6.26 Å². The Labute approximate surface area is 164 Å². The molecule has 0 aliphatic heterocycles. The van der Waals surface area contributed by atoms with Gasteiger partial charge < -0.3 is 0 Å². The van der Waals surface area contributed by atoms with E-state index in [1.54, 1.807) is 24.3 Å². The smallest absolute Gasteiger partial charge is 0.262 e. The maximum absolute atomic E-state index is 13.8. The van der Waals surface area contributed by atoms with Gasteiger partial charge in [0.2, 0.25) is 10.0 Å². The van der Waals surface area contributed by atoms with Gasteiger partial charge in [-0.15, -0.1) is 11.8 Å². The Morgan fingerprint density at radius 1 is 1.07 bits per heavy atom. The van der Waals surface area contributed by atoms with E-state index in [0.717, 1.165) is 4.90 Å². The van der Waals surface area contributed by atoms with E-state index in [1.165, 1.54) is 43.1 Å². The van der Waals surface area contributed by atoms with Crippen LogP contribution in [0.1, 0.15) is 5.69 Å². The third kappa shape index (κ3) is 3.80. The highest BCUT2D eigenvalue weighted by atomic mass is 32.2. The zero-order valence-electron chi connectivity index (χ0n) is 14.9. The van der Waals surface area contributed by atoms with E-state index in [9.17, 15) is 21.6 Å². The first-order valence-electron chi connectivity index (χ1n) is 7.95. The summed E-state index contributed by atoms with van der Waals surface area (Å²) in [5.74, 6) is 0. The fraction of sp³-hybridized carbons (Fsp3) is 0.167. The third-order valence-corrected chi connectivity index (χ3v) is 5.86. The van der Waals surface area contributed by atoms with E-state index in [4.69, 9.17) is 5.14 Å². The van der Waals surface area contributed by atoms with Gasteiger partial charge in [0.05, 0.1) is 4.90 Å². The topological polar surface area (TPSA) is 78.0 Å². The van der Waals surface area contributed by atoms with E-state index in [2.05, 4.69) is 5.10 Å². The Balaban J connectivity index is 2.38. The zero-order chi connectivity index (χ0) is 20.7. The second-order valence-corrected chi connectivity index (χ2v) is 8.37. The first-order valence-corrected chi connectivity index (χ1v) is 10.7. The summed E-state index contributed by atoms with van der Waals surface area (Å²) in [6.45, 7) is 0. The molecule has 0 bridgehead atoms. The minimum absolute atomic E-state index is 0.0139. The van der Waals surface area contributed by atoms with Crippen molar-refractivity contribution in [2.45, 2.75) is 16.0 Å². The Morgan fingerprint density at radius 3 is 2.21 bits per heavy atom. The summed E-state index contributed by atoms with van der Waals surface area (Å²) in [5.41, 5.74) is -0.976. The molecule has 2 aromatic carbocycles. The van der Waals surface area contributed by atoms with Crippen LogP contribution in [0.5, 0.6) is 0 Å². The van der Waals surface area contributed by atoms with Crippen molar-refractivity contribution in [2.75, 3.05) is 6.26 Å². The molecule has 0 fully saturated rings. The molecule has 3 aromatic rings. The Bertz CT molecular complexity index is 1120. The second-order valence-electron chi connectivity index (χ2n) is 5.96. The van der Waals surface area contributed by atoms with Gasteiger partial charge in [-0.25, -0.2) is 13.6 Å². The fourth-order valence-electron chi connectivity index (χ4n) is 2.98. The molecule has 1 aromatic heterocycles. The predicted molar refractivity (Wildman–Crippen MR) is 102 cm³/mol. The molecule has 148 valence electrons. The zero-order valence-corrected chi connectivity index (χ0v) is 16.5. The molecule has 0 saturated heterocycles. The Kier molecular flexibility index (Phi) is 5.30. The molecule has 0 unspecified atom stereocenters. The molecular formula is C18H16F3N3O2S2. The number of aromatic nitrogens is 2. The van der Waals surface area contributed by atoms with Gasteiger partial charge in [0.25, 0.3) is 0 Å². The summed E-state index contributed by atoms with van der Waals surface area (Å²) in [7, 11) is -2.99. The van der Waals surface area contributed by atoms with Crippen LogP contribution < -0.4 is 5.14 Å². The molecule has 0 spiro atoms. The molecule has 0 aliphatic carbocycles. The first kappa shape index (κ1) is 20.4. The fourth-order valence-corrected chi connectivity index (χ4v) is 4.13. The molecule has 0 aliphatic rings. The highest BCUT2D eigenvalue weighted by molar-refractivity contribution is 7.98. The largest absolute Gasteiger partial charge is 0.433 e. The molecule has 2 N–H and O–H groups in total. The predicted octanol–water partition coefficient (Wildman–Crippen LogP) is 4.14. The number of primary sulfonamides is 1. The van der Waals surface area contributed by atoms with Crippen molar-refractivity contribution in [3.63, 3.8) is 0 Å². The summed E-state index contributed by atoms with van der Waals surface area (Å²) >= 11 is 1.46. The number of nitrogens with zero attached hydrogens (tertiary/aromatic N) is 2. The normalized spacial score (nSPS) is 12.4. The first-order chi connectivity index (χ1) is 13.0. The lowest BCUT2D eigenvalue weighted by atomic mass is 9.98. The van der Waals surface area contributed by atoms with Crippen LogP contribution in [0.25, 0.3) is 22.4 Å². The summed E-state index contributed by atoms with van der Waals surface area (Å²) < 4.78 is 66.0. The third-order valence-electron chi connectivity index (χ3n) is 4.14. The molecule has 5 nitrogen and oxygen atoms in total. The number of rotatable bonds is 4. The average molecular weight is 427 g/mol. The van der Waals surface area contributed by atoms with Crippen molar-refractivity contribution in [1.82, 2.24) is 9.78 Å².